The molecular formula is C17H25ClN2O. The maximum absolute atomic E-state index is 12.6. The van der Waals surface area contributed by atoms with Crippen LogP contribution in [-0.4, -0.2) is 36.5 Å². The molecular weight excluding hydrogens is 284 g/mol. The number of carbonyl (C=O) groups is 1. The molecule has 1 aromatic carbocycles. The third-order valence-electron chi connectivity index (χ3n) is 4.07. The second-order valence-electron chi connectivity index (χ2n) is 6.16. The number of benzene rings is 1. The minimum Gasteiger partial charge on any atom is -0.340 e. The first-order chi connectivity index (χ1) is 10.1. The van der Waals surface area contributed by atoms with Crippen LogP contribution < -0.4 is 5.32 Å². The molecule has 1 N–H and O–H groups in total. The fraction of sp³-hybridized carbons (Fsp3) is 0.588. The Hall–Kier alpha value is -1.06. The zero-order chi connectivity index (χ0) is 15.2. The molecule has 1 saturated heterocycles. The van der Waals surface area contributed by atoms with Crippen LogP contribution in [0.1, 0.15) is 32.3 Å². The molecule has 0 spiro atoms. The van der Waals surface area contributed by atoms with E-state index in [0.717, 1.165) is 25.2 Å². The van der Waals surface area contributed by atoms with Crippen LogP contribution in [0, 0.1) is 5.92 Å². The average molecular weight is 309 g/mol. The highest BCUT2D eigenvalue weighted by molar-refractivity contribution is 6.30. The first-order valence-electron chi connectivity index (χ1n) is 7.81. The first kappa shape index (κ1) is 16.3. The number of piperidine rings is 1. The highest BCUT2D eigenvalue weighted by atomic mass is 35.5. The SMILES string of the molecule is CC(C)N(CC1CCCNC1)C(=O)Cc1ccc(Cl)cc1. The molecule has 1 amide bonds. The van der Waals surface area contributed by atoms with E-state index in [0.29, 0.717) is 17.4 Å². The van der Waals surface area contributed by atoms with Gasteiger partial charge in [0.15, 0.2) is 0 Å². The van der Waals surface area contributed by atoms with E-state index in [1.807, 2.05) is 29.2 Å². The lowest BCUT2D eigenvalue weighted by molar-refractivity contribution is -0.133. The summed E-state index contributed by atoms with van der Waals surface area (Å²) in [6.07, 6.45) is 2.88. The standard InChI is InChI=1S/C17H25ClN2O/c1-13(2)20(12-15-4-3-9-19-11-15)17(21)10-14-5-7-16(18)8-6-14/h5-8,13,15,19H,3-4,9-12H2,1-2H3. The van der Waals surface area contributed by atoms with Crippen molar-refractivity contribution in [2.75, 3.05) is 19.6 Å². The normalized spacial score (nSPS) is 18.8. The predicted molar refractivity (Wildman–Crippen MR) is 87.6 cm³/mol. The molecule has 0 saturated carbocycles. The lowest BCUT2D eigenvalue weighted by atomic mass is 9.98. The van der Waals surface area contributed by atoms with Gasteiger partial charge in [-0.15, -0.1) is 0 Å². The van der Waals surface area contributed by atoms with Gasteiger partial charge < -0.3 is 10.2 Å². The molecule has 0 radical (unpaired) electrons. The Bertz CT molecular complexity index is 452. The topological polar surface area (TPSA) is 32.3 Å². The summed E-state index contributed by atoms with van der Waals surface area (Å²) in [6.45, 7) is 7.18. The monoisotopic (exact) mass is 308 g/mol. The zero-order valence-corrected chi connectivity index (χ0v) is 13.7. The second-order valence-corrected chi connectivity index (χ2v) is 6.59. The van der Waals surface area contributed by atoms with Crippen LogP contribution in [0.5, 0.6) is 0 Å². The van der Waals surface area contributed by atoms with Crippen molar-refractivity contribution in [2.45, 2.75) is 39.2 Å². The van der Waals surface area contributed by atoms with Gasteiger partial charge in [0.1, 0.15) is 0 Å². The number of hydrogen-bond acceptors (Lipinski definition) is 2. The fourth-order valence-corrected chi connectivity index (χ4v) is 2.96. The van der Waals surface area contributed by atoms with Crippen molar-refractivity contribution in [3.05, 3.63) is 34.9 Å². The maximum atomic E-state index is 12.6. The number of halogens is 1. The lowest BCUT2D eigenvalue weighted by Gasteiger charge is -2.33. The summed E-state index contributed by atoms with van der Waals surface area (Å²) in [4.78, 5) is 14.6. The lowest BCUT2D eigenvalue weighted by Crippen LogP contribution is -2.44. The van der Waals surface area contributed by atoms with E-state index in [1.165, 1.54) is 12.8 Å². The summed E-state index contributed by atoms with van der Waals surface area (Å²) in [5, 5.41) is 4.13. The molecule has 0 bridgehead atoms. The van der Waals surface area contributed by atoms with Crippen LogP contribution in [0.25, 0.3) is 0 Å². The van der Waals surface area contributed by atoms with E-state index in [1.54, 1.807) is 0 Å². The number of hydrogen-bond donors (Lipinski definition) is 1. The first-order valence-corrected chi connectivity index (χ1v) is 8.18. The quantitative estimate of drug-likeness (QED) is 0.906. The molecule has 2 rings (SSSR count). The van der Waals surface area contributed by atoms with Crippen molar-refractivity contribution in [1.29, 1.82) is 0 Å². The van der Waals surface area contributed by atoms with Crippen molar-refractivity contribution < 1.29 is 4.79 Å². The summed E-state index contributed by atoms with van der Waals surface area (Å²) < 4.78 is 0. The molecule has 1 aliphatic heterocycles. The number of rotatable bonds is 5. The molecule has 0 aliphatic carbocycles. The van der Waals surface area contributed by atoms with E-state index >= 15 is 0 Å². The van der Waals surface area contributed by atoms with E-state index in [4.69, 9.17) is 11.6 Å². The van der Waals surface area contributed by atoms with Gasteiger partial charge in [-0.05, 0) is 63.4 Å². The molecule has 0 aromatic heterocycles. The number of carbonyl (C=O) groups excluding carboxylic acids is 1. The van der Waals surface area contributed by atoms with Crippen molar-refractivity contribution in [1.82, 2.24) is 10.2 Å². The smallest absolute Gasteiger partial charge is 0.227 e. The minimum absolute atomic E-state index is 0.206. The maximum Gasteiger partial charge on any atom is 0.227 e. The molecule has 116 valence electrons. The minimum atomic E-state index is 0.206. The van der Waals surface area contributed by atoms with E-state index in [-0.39, 0.29) is 11.9 Å². The molecule has 1 aromatic rings. The Morgan fingerprint density at radius 3 is 2.67 bits per heavy atom. The zero-order valence-electron chi connectivity index (χ0n) is 12.9. The van der Waals surface area contributed by atoms with Gasteiger partial charge >= 0.3 is 0 Å². The molecule has 1 atom stereocenters. The Morgan fingerprint density at radius 1 is 1.38 bits per heavy atom. The Morgan fingerprint density at radius 2 is 2.10 bits per heavy atom. The Kier molecular flexibility index (Phi) is 6.07. The van der Waals surface area contributed by atoms with Crippen molar-refractivity contribution >= 4 is 17.5 Å². The summed E-state index contributed by atoms with van der Waals surface area (Å²) in [7, 11) is 0. The number of nitrogens with zero attached hydrogens (tertiary/aromatic N) is 1. The fourth-order valence-electron chi connectivity index (χ4n) is 2.84. The predicted octanol–water partition coefficient (Wildman–Crippen LogP) is 3.12. The van der Waals surface area contributed by atoms with Gasteiger partial charge in [0.2, 0.25) is 5.91 Å². The molecule has 4 heteroatoms. The highest BCUT2D eigenvalue weighted by Gasteiger charge is 2.22. The van der Waals surface area contributed by atoms with Crippen molar-refractivity contribution in [2.24, 2.45) is 5.92 Å². The van der Waals surface area contributed by atoms with Crippen LogP contribution in [0.2, 0.25) is 5.02 Å². The molecule has 1 unspecified atom stereocenters. The Balaban J connectivity index is 1.96. The third kappa shape index (κ3) is 5.01. The van der Waals surface area contributed by atoms with Crippen LogP contribution in [0.15, 0.2) is 24.3 Å². The largest absolute Gasteiger partial charge is 0.340 e. The summed E-state index contributed by atoms with van der Waals surface area (Å²) in [5.41, 5.74) is 1.02. The van der Waals surface area contributed by atoms with Crippen LogP contribution in [0.3, 0.4) is 0 Å². The van der Waals surface area contributed by atoms with Gasteiger partial charge in [0.25, 0.3) is 0 Å². The van der Waals surface area contributed by atoms with Gasteiger partial charge in [-0.1, -0.05) is 23.7 Å². The Labute approximate surface area is 132 Å². The molecule has 1 heterocycles. The van der Waals surface area contributed by atoms with Gasteiger partial charge in [-0.3, -0.25) is 4.79 Å². The molecule has 21 heavy (non-hydrogen) atoms. The summed E-state index contributed by atoms with van der Waals surface area (Å²) >= 11 is 5.89. The average Bonchev–Trinajstić information content (AvgIpc) is 2.48. The van der Waals surface area contributed by atoms with Crippen molar-refractivity contribution in [3.63, 3.8) is 0 Å². The van der Waals surface area contributed by atoms with Gasteiger partial charge in [-0.2, -0.15) is 0 Å². The van der Waals surface area contributed by atoms with Gasteiger partial charge in [0, 0.05) is 17.6 Å². The summed E-state index contributed by atoms with van der Waals surface area (Å²) in [6, 6.07) is 7.79. The molecule has 3 nitrogen and oxygen atoms in total. The third-order valence-corrected chi connectivity index (χ3v) is 4.32. The van der Waals surface area contributed by atoms with Crippen molar-refractivity contribution in [3.8, 4) is 0 Å². The molecule has 1 aliphatic rings. The highest BCUT2D eigenvalue weighted by Crippen LogP contribution is 2.16. The van der Waals surface area contributed by atoms with E-state index < -0.39 is 0 Å². The van der Waals surface area contributed by atoms with Gasteiger partial charge in [-0.25, -0.2) is 0 Å². The van der Waals surface area contributed by atoms with E-state index in [2.05, 4.69) is 19.2 Å². The van der Waals surface area contributed by atoms with Crippen LogP contribution >= 0.6 is 11.6 Å². The number of nitrogens with one attached hydrogen (secondary N) is 1. The number of amides is 1. The van der Waals surface area contributed by atoms with Gasteiger partial charge in [0.05, 0.1) is 6.42 Å². The van der Waals surface area contributed by atoms with Crippen LogP contribution in [-0.2, 0) is 11.2 Å². The van der Waals surface area contributed by atoms with E-state index in [9.17, 15) is 4.79 Å². The second kappa shape index (κ2) is 7.81. The molecule has 1 fully saturated rings. The summed E-state index contributed by atoms with van der Waals surface area (Å²) in [5.74, 6) is 0.785. The van der Waals surface area contributed by atoms with Crippen LogP contribution in [0.4, 0.5) is 0 Å².